The summed E-state index contributed by atoms with van der Waals surface area (Å²) in [5.41, 5.74) is 2.73. The van der Waals surface area contributed by atoms with Crippen LogP contribution in [0.3, 0.4) is 0 Å². The number of aromatic nitrogens is 3. The Balaban J connectivity index is 2.26. The van der Waals surface area contributed by atoms with Gasteiger partial charge in [0.1, 0.15) is 0 Å². The van der Waals surface area contributed by atoms with Crippen LogP contribution >= 0.6 is 23.6 Å². The average molecular weight is 233 g/mol. The molecule has 0 spiro atoms. The third-order valence-corrected chi connectivity index (χ3v) is 3.25. The van der Waals surface area contributed by atoms with E-state index in [1.807, 2.05) is 23.6 Å². The zero-order chi connectivity index (χ0) is 10.3. The molecule has 0 amide bonds. The molecule has 0 fully saturated rings. The number of nitrogens with one attached hydrogen (secondary N) is 2. The molecule has 3 rings (SSSR count). The minimum absolute atomic E-state index is 0.612. The van der Waals surface area contributed by atoms with Gasteiger partial charge in [-0.25, -0.2) is 4.98 Å². The van der Waals surface area contributed by atoms with Gasteiger partial charge in [0.15, 0.2) is 10.4 Å². The fraction of sp³-hybridized carbons (Fsp3) is 0. The highest BCUT2D eigenvalue weighted by Gasteiger charge is 2.03. The predicted octanol–water partition coefficient (Wildman–Crippen LogP) is 3.35. The highest BCUT2D eigenvalue weighted by Crippen LogP contribution is 2.23. The zero-order valence-corrected chi connectivity index (χ0v) is 9.28. The lowest BCUT2D eigenvalue weighted by atomic mass is 10.3. The quantitative estimate of drug-likeness (QED) is 0.633. The Morgan fingerprint density at radius 1 is 1.20 bits per heavy atom. The van der Waals surface area contributed by atoms with Crippen LogP contribution in [-0.2, 0) is 0 Å². The van der Waals surface area contributed by atoms with Gasteiger partial charge in [-0.2, -0.15) is 0 Å². The summed E-state index contributed by atoms with van der Waals surface area (Å²) in [5, 5.41) is 2.04. The van der Waals surface area contributed by atoms with Crippen molar-refractivity contribution in [2.24, 2.45) is 0 Å². The molecule has 0 aliphatic rings. The molecule has 2 N–H and O–H groups in total. The molecule has 0 saturated heterocycles. The van der Waals surface area contributed by atoms with Crippen molar-refractivity contribution < 1.29 is 0 Å². The van der Waals surface area contributed by atoms with Gasteiger partial charge in [0.2, 0.25) is 0 Å². The lowest BCUT2D eigenvalue weighted by Gasteiger charge is -1.95. The second-order valence-electron chi connectivity index (χ2n) is 3.15. The molecule has 0 bridgehead atoms. The van der Waals surface area contributed by atoms with E-state index in [1.54, 1.807) is 11.3 Å². The van der Waals surface area contributed by atoms with Crippen LogP contribution in [0.15, 0.2) is 29.6 Å². The number of imidazole rings is 1. The molecule has 0 aliphatic carbocycles. The van der Waals surface area contributed by atoms with Gasteiger partial charge in [-0.15, -0.1) is 11.3 Å². The molecule has 5 heteroatoms. The highest BCUT2D eigenvalue weighted by atomic mass is 32.1. The summed E-state index contributed by atoms with van der Waals surface area (Å²) in [6, 6.07) is 8.06. The second kappa shape index (κ2) is 3.29. The van der Waals surface area contributed by atoms with E-state index in [2.05, 4.69) is 21.0 Å². The van der Waals surface area contributed by atoms with Gasteiger partial charge >= 0.3 is 0 Å². The van der Waals surface area contributed by atoms with Crippen molar-refractivity contribution in [2.45, 2.75) is 0 Å². The predicted molar refractivity (Wildman–Crippen MR) is 64.6 cm³/mol. The van der Waals surface area contributed by atoms with Crippen LogP contribution in [0.25, 0.3) is 21.7 Å². The van der Waals surface area contributed by atoms with Crippen molar-refractivity contribution in [3.8, 4) is 10.6 Å². The summed E-state index contributed by atoms with van der Waals surface area (Å²) in [6.07, 6.45) is 0. The first-order chi connectivity index (χ1) is 7.33. The Hall–Kier alpha value is -1.46. The first kappa shape index (κ1) is 8.82. The van der Waals surface area contributed by atoms with Gasteiger partial charge < -0.3 is 9.97 Å². The summed E-state index contributed by atoms with van der Waals surface area (Å²) in [5.74, 6) is 0. The number of aromatic amines is 2. The van der Waals surface area contributed by atoms with Crippen LogP contribution in [0.1, 0.15) is 0 Å². The van der Waals surface area contributed by atoms with Crippen molar-refractivity contribution in [1.82, 2.24) is 15.0 Å². The van der Waals surface area contributed by atoms with Crippen molar-refractivity contribution in [1.29, 1.82) is 0 Å². The summed E-state index contributed by atoms with van der Waals surface area (Å²) in [4.78, 5) is 11.7. The van der Waals surface area contributed by atoms with Crippen LogP contribution < -0.4 is 0 Å². The lowest BCUT2D eigenvalue weighted by Crippen LogP contribution is -1.81. The van der Waals surface area contributed by atoms with Crippen LogP contribution in [0.4, 0.5) is 0 Å². The van der Waals surface area contributed by atoms with Gasteiger partial charge in [0.05, 0.1) is 16.1 Å². The summed E-state index contributed by atoms with van der Waals surface area (Å²) >= 11 is 6.69. The van der Waals surface area contributed by atoms with Crippen molar-refractivity contribution in [3.63, 3.8) is 0 Å². The minimum atomic E-state index is 0.612. The molecule has 0 atom stereocenters. The highest BCUT2D eigenvalue weighted by molar-refractivity contribution is 7.71. The number of pyridine rings is 1. The van der Waals surface area contributed by atoms with Gasteiger partial charge in [-0.1, -0.05) is 6.07 Å². The zero-order valence-electron chi connectivity index (χ0n) is 7.65. The van der Waals surface area contributed by atoms with Gasteiger partial charge in [-0.05, 0) is 35.8 Å². The molecule has 74 valence electrons. The summed E-state index contributed by atoms with van der Waals surface area (Å²) in [7, 11) is 0. The smallest absolute Gasteiger partial charge is 0.176 e. The summed E-state index contributed by atoms with van der Waals surface area (Å²) in [6.45, 7) is 0. The molecular weight excluding hydrogens is 226 g/mol. The molecule has 3 nitrogen and oxygen atoms in total. The molecule has 0 saturated carbocycles. The number of thiophene rings is 1. The van der Waals surface area contributed by atoms with E-state index in [1.165, 1.54) is 0 Å². The van der Waals surface area contributed by atoms with E-state index in [-0.39, 0.29) is 0 Å². The second-order valence-corrected chi connectivity index (χ2v) is 4.51. The van der Waals surface area contributed by atoms with E-state index < -0.39 is 0 Å². The van der Waals surface area contributed by atoms with Gasteiger partial charge in [0.25, 0.3) is 0 Å². The SMILES string of the molecule is S=c1[nH]c2ccc(-c3cccs3)nc2[nH]1. The number of rotatable bonds is 1. The number of hydrogen-bond acceptors (Lipinski definition) is 3. The van der Waals surface area contributed by atoms with E-state index in [0.717, 1.165) is 21.7 Å². The van der Waals surface area contributed by atoms with Crippen molar-refractivity contribution in [3.05, 3.63) is 34.4 Å². The Morgan fingerprint density at radius 2 is 2.13 bits per heavy atom. The number of H-pyrrole nitrogens is 2. The molecule has 0 aliphatic heterocycles. The van der Waals surface area contributed by atoms with E-state index >= 15 is 0 Å². The lowest BCUT2D eigenvalue weighted by molar-refractivity contribution is 1.27. The maximum Gasteiger partial charge on any atom is 0.176 e. The largest absolute Gasteiger partial charge is 0.329 e. The van der Waals surface area contributed by atoms with E-state index in [9.17, 15) is 0 Å². The Kier molecular flexibility index (Phi) is 1.93. The van der Waals surface area contributed by atoms with Gasteiger partial charge in [-0.3, -0.25) is 0 Å². The Labute approximate surface area is 94.8 Å². The van der Waals surface area contributed by atoms with Crippen LogP contribution in [0.5, 0.6) is 0 Å². The number of fused-ring (bicyclic) bond motifs is 1. The average Bonchev–Trinajstić information content (AvgIpc) is 2.82. The molecular formula is C10H7N3S2. The standard InChI is InChI=1S/C10H7N3S2/c14-10-12-7-4-3-6(11-9(7)13-10)8-2-1-5-15-8/h1-5H,(H2,11,12,13,14). The molecule has 3 aromatic heterocycles. The molecule has 3 aromatic rings. The molecule has 0 unspecified atom stereocenters. The third kappa shape index (κ3) is 1.49. The van der Waals surface area contributed by atoms with E-state index in [0.29, 0.717) is 4.77 Å². The topological polar surface area (TPSA) is 44.5 Å². The first-order valence-corrected chi connectivity index (χ1v) is 5.75. The Bertz CT molecular complexity index is 649. The molecule has 0 radical (unpaired) electrons. The van der Waals surface area contributed by atoms with Crippen LogP contribution in [0, 0.1) is 4.77 Å². The first-order valence-electron chi connectivity index (χ1n) is 4.46. The monoisotopic (exact) mass is 233 g/mol. The Morgan fingerprint density at radius 3 is 2.93 bits per heavy atom. The number of hydrogen-bond donors (Lipinski definition) is 2. The van der Waals surface area contributed by atoms with Crippen LogP contribution in [0.2, 0.25) is 0 Å². The van der Waals surface area contributed by atoms with E-state index in [4.69, 9.17) is 12.2 Å². The third-order valence-electron chi connectivity index (χ3n) is 2.15. The molecule has 0 aromatic carbocycles. The number of nitrogens with zero attached hydrogens (tertiary/aromatic N) is 1. The van der Waals surface area contributed by atoms with Crippen LogP contribution in [-0.4, -0.2) is 15.0 Å². The van der Waals surface area contributed by atoms with Gasteiger partial charge in [0, 0.05) is 0 Å². The maximum atomic E-state index is 5.01. The minimum Gasteiger partial charge on any atom is -0.329 e. The molecule has 3 heterocycles. The fourth-order valence-electron chi connectivity index (χ4n) is 1.48. The maximum absolute atomic E-state index is 5.01. The van der Waals surface area contributed by atoms with Crippen molar-refractivity contribution in [2.75, 3.05) is 0 Å². The van der Waals surface area contributed by atoms with Crippen molar-refractivity contribution >= 4 is 34.7 Å². The summed E-state index contributed by atoms with van der Waals surface area (Å²) < 4.78 is 0.612. The fourth-order valence-corrected chi connectivity index (χ4v) is 2.38. The molecule has 15 heavy (non-hydrogen) atoms. The normalized spacial score (nSPS) is 10.9.